The average Bonchev–Trinajstić information content (AvgIpc) is 3.10. The summed E-state index contributed by atoms with van der Waals surface area (Å²) in [6.45, 7) is 4.73. The Balaban J connectivity index is 1.79. The first kappa shape index (κ1) is 16.6. The van der Waals surface area contributed by atoms with Crippen LogP contribution in [0.1, 0.15) is 6.92 Å². The molecule has 1 unspecified atom stereocenters. The summed E-state index contributed by atoms with van der Waals surface area (Å²) in [6.07, 6.45) is 3.75. The molecule has 9 heteroatoms. The molecule has 132 valence electrons. The maximum Gasteiger partial charge on any atom is 0.160 e. The highest BCUT2D eigenvalue weighted by atomic mass is 127. The van der Waals surface area contributed by atoms with E-state index in [0.717, 1.165) is 47.7 Å². The summed E-state index contributed by atoms with van der Waals surface area (Å²) in [5, 5.41) is 12.8. The maximum absolute atomic E-state index is 5.97. The number of nitrogen functional groups attached to an aromatic ring is 1. The summed E-state index contributed by atoms with van der Waals surface area (Å²) in [6, 6.07) is 2.03. The minimum absolute atomic E-state index is 0.278. The van der Waals surface area contributed by atoms with Gasteiger partial charge >= 0.3 is 0 Å². The van der Waals surface area contributed by atoms with Crippen LogP contribution in [0.4, 0.5) is 11.5 Å². The Kier molecular flexibility index (Phi) is 4.28. The third-order valence-corrected chi connectivity index (χ3v) is 4.84. The van der Waals surface area contributed by atoms with Gasteiger partial charge in [0.15, 0.2) is 5.82 Å². The number of H-pyrrole nitrogens is 1. The highest BCUT2D eigenvalue weighted by molar-refractivity contribution is 14.1. The van der Waals surface area contributed by atoms with E-state index in [1.165, 1.54) is 0 Å². The second kappa shape index (κ2) is 6.45. The Labute approximate surface area is 158 Å². The molecule has 1 atom stereocenters. The summed E-state index contributed by atoms with van der Waals surface area (Å²) in [5.41, 5.74) is 9.12. The molecule has 25 heavy (non-hydrogen) atoms. The van der Waals surface area contributed by atoms with Crippen LogP contribution in [0.3, 0.4) is 0 Å². The van der Waals surface area contributed by atoms with E-state index in [4.69, 9.17) is 15.6 Å². The largest absolute Gasteiger partial charge is 0.396 e. The molecule has 4 rings (SSSR count). The number of alkyl halides is 1. The van der Waals surface area contributed by atoms with Gasteiger partial charge in [0, 0.05) is 30.3 Å². The molecule has 0 aliphatic carbocycles. The Morgan fingerprint density at radius 1 is 1.44 bits per heavy atom. The second-order valence-electron chi connectivity index (χ2n) is 6.34. The van der Waals surface area contributed by atoms with Crippen molar-refractivity contribution in [2.45, 2.75) is 23.5 Å². The number of hydrogen-bond acceptors (Lipinski definition) is 6. The van der Waals surface area contributed by atoms with Gasteiger partial charge in [0.25, 0.3) is 0 Å². The van der Waals surface area contributed by atoms with E-state index in [-0.39, 0.29) is 6.10 Å². The summed E-state index contributed by atoms with van der Waals surface area (Å²) in [5.74, 6) is 0.969. The van der Waals surface area contributed by atoms with Crippen LogP contribution in [0.5, 0.6) is 0 Å². The first-order valence-electron chi connectivity index (χ1n) is 8.14. The van der Waals surface area contributed by atoms with E-state index in [1.807, 2.05) is 12.3 Å². The number of rotatable bonds is 5. The number of halogens is 1. The molecule has 3 N–H and O–H groups in total. The van der Waals surface area contributed by atoms with Crippen LogP contribution in [0, 0.1) is 0 Å². The van der Waals surface area contributed by atoms with Crippen LogP contribution in [0.15, 0.2) is 18.5 Å². The van der Waals surface area contributed by atoms with Gasteiger partial charge in [-0.25, -0.2) is 0 Å². The zero-order valence-corrected chi connectivity index (χ0v) is 16.3. The number of methoxy groups -OCH3 is 1. The highest BCUT2D eigenvalue weighted by Crippen LogP contribution is 2.32. The smallest absolute Gasteiger partial charge is 0.160 e. The molecule has 0 aromatic carbocycles. The molecule has 4 heterocycles. The number of nitrogens with one attached hydrogen (secondary N) is 1. The molecule has 3 aromatic heterocycles. The lowest BCUT2D eigenvalue weighted by Gasteiger charge is -2.38. The van der Waals surface area contributed by atoms with Crippen LogP contribution in [0.25, 0.3) is 22.3 Å². The molecule has 0 saturated carbocycles. The van der Waals surface area contributed by atoms with Crippen molar-refractivity contribution >= 4 is 45.0 Å². The van der Waals surface area contributed by atoms with Crippen molar-refractivity contribution in [1.82, 2.24) is 25.0 Å². The molecule has 1 aliphatic heterocycles. The van der Waals surface area contributed by atoms with Crippen molar-refractivity contribution in [3.63, 3.8) is 0 Å². The van der Waals surface area contributed by atoms with Crippen LogP contribution in [0.2, 0.25) is 0 Å². The van der Waals surface area contributed by atoms with E-state index < -0.39 is 0 Å². The molecule has 3 aromatic rings. The van der Waals surface area contributed by atoms with Crippen LogP contribution < -0.4 is 10.6 Å². The Morgan fingerprint density at radius 2 is 2.24 bits per heavy atom. The fourth-order valence-corrected chi connectivity index (χ4v) is 3.43. The monoisotopic (exact) mass is 453 g/mol. The lowest BCUT2D eigenvalue weighted by Crippen LogP contribution is -2.52. The van der Waals surface area contributed by atoms with Crippen molar-refractivity contribution in [3.05, 3.63) is 18.5 Å². The molecule has 0 radical (unpaired) electrons. The van der Waals surface area contributed by atoms with Gasteiger partial charge in [0.05, 0.1) is 41.1 Å². The van der Waals surface area contributed by atoms with Gasteiger partial charge in [-0.1, -0.05) is 29.5 Å². The molecule has 1 fully saturated rings. The topological polar surface area (TPSA) is 97.9 Å². The van der Waals surface area contributed by atoms with Gasteiger partial charge in [-0.05, 0) is 6.07 Å². The number of anilines is 2. The van der Waals surface area contributed by atoms with Crippen LogP contribution >= 0.6 is 22.6 Å². The minimum atomic E-state index is 0.278. The molecule has 1 aliphatic rings. The standard InChI is InChI=1S/C16H20IN7O/c1-9(17)6-24-14-3-13(15-12(18)5-20-21-15)19-4-11(14)16(22-24)23-7-10(8-23)25-2/h3-5,9-10H,6-8,18H2,1-2H3,(H,20,21). The van der Waals surface area contributed by atoms with E-state index in [0.29, 0.717) is 9.61 Å². The second-order valence-corrected chi connectivity index (χ2v) is 8.46. The van der Waals surface area contributed by atoms with E-state index in [9.17, 15) is 0 Å². The molecule has 8 nitrogen and oxygen atoms in total. The summed E-state index contributed by atoms with van der Waals surface area (Å²) >= 11 is 2.42. The average molecular weight is 453 g/mol. The first-order valence-corrected chi connectivity index (χ1v) is 9.39. The predicted molar refractivity (Wildman–Crippen MR) is 106 cm³/mol. The van der Waals surface area contributed by atoms with Crippen molar-refractivity contribution in [2.24, 2.45) is 0 Å². The summed E-state index contributed by atoms with van der Waals surface area (Å²) in [4.78, 5) is 6.81. The zero-order chi connectivity index (χ0) is 17.6. The lowest BCUT2D eigenvalue weighted by molar-refractivity contribution is 0.0784. The van der Waals surface area contributed by atoms with E-state index in [1.54, 1.807) is 13.3 Å². The maximum atomic E-state index is 5.97. The first-order chi connectivity index (χ1) is 12.1. The van der Waals surface area contributed by atoms with Crippen LogP contribution in [-0.4, -0.2) is 55.2 Å². The third kappa shape index (κ3) is 2.95. The molecular formula is C16H20IN7O. The molecule has 0 spiro atoms. The molecular weight excluding hydrogens is 433 g/mol. The van der Waals surface area contributed by atoms with Crippen LogP contribution in [-0.2, 0) is 11.3 Å². The van der Waals surface area contributed by atoms with Gasteiger partial charge in [0.1, 0.15) is 5.69 Å². The third-order valence-electron chi connectivity index (χ3n) is 4.45. The summed E-state index contributed by atoms with van der Waals surface area (Å²) < 4.78 is 7.90. The number of pyridine rings is 1. The fourth-order valence-electron chi connectivity index (χ4n) is 3.06. The van der Waals surface area contributed by atoms with E-state index in [2.05, 4.69) is 54.3 Å². The summed E-state index contributed by atoms with van der Waals surface area (Å²) in [7, 11) is 1.75. The zero-order valence-electron chi connectivity index (χ0n) is 14.1. The fraction of sp³-hybridized carbons (Fsp3) is 0.438. The lowest BCUT2D eigenvalue weighted by atomic mass is 10.1. The number of nitrogens with two attached hydrogens (primary N) is 1. The quantitative estimate of drug-likeness (QED) is 0.454. The number of ether oxygens (including phenoxy) is 1. The van der Waals surface area contributed by atoms with Crippen molar-refractivity contribution in [1.29, 1.82) is 0 Å². The Morgan fingerprint density at radius 3 is 2.88 bits per heavy atom. The van der Waals surface area contributed by atoms with Crippen molar-refractivity contribution in [3.8, 4) is 11.4 Å². The molecule has 0 amide bonds. The number of nitrogens with zero attached hydrogens (tertiary/aromatic N) is 5. The number of fused-ring (bicyclic) bond motifs is 1. The predicted octanol–water partition coefficient (Wildman–Crippen LogP) is 2.06. The Bertz CT molecular complexity index is 897. The number of hydrogen-bond donors (Lipinski definition) is 2. The highest BCUT2D eigenvalue weighted by Gasteiger charge is 2.30. The normalized spacial score (nSPS) is 16.4. The van der Waals surface area contributed by atoms with Gasteiger partial charge in [-0.15, -0.1) is 0 Å². The van der Waals surface area contributed by atoms with E-state index >= 15 is 0 Å². The van der Waals surface area contributed by atoms with Gasteiger partial charge in [-0.3, -0.25) is 14.8 Å². The van der Waals surface area contributed by atoms with Gasteiger partial charge < -0.3 is 15.4 Å². The van der Waals surface area contributed by atoms with Gasteiger partial charge in [0.2, 0.25) is 0 Å². The van der Waals surface area contributed by atoms with Gasteiger partial charge in [-0.2, -0.15) is 10.2 Å². The molecule has 1 saturated heterocycles. The van der Waals surface area contributed by atoms with Crippen molar-refractivity contribution in [2.75, 3.05) is 30.8 Å². The number of aromatic nitrogens is 5. The Hall–Kier alpha value is -1.88. The minimum Gasteiger partial charge on any atom is -0.396 e. The SMILES string of the molecule is COC1CN(c2nn(CC(C)I)c3cc(-c4[nH]ncc4N)ncc23)C1. The molecule has 0 bridgehead atoms. The number of aromatic amines is 1. The van der Waals surface area contributed by atoms with Crippen molar-refractivity contribution < 1.29 is 4.74 Å².